The van der Waals surface area contributed by atoms with E-state index in [2.05, 4.69) is 15.3 Å². The molecule has 96 valence electrons. The second-order valence-electron chi connectivity index (χ2n) is 4.56. The van der Waals surface area contributed by atoms with E-state index in [-0.39, 0.29) is 5.91 Å². The molecule has 0 aromatic heterocycles. The van der Waals surface area contributed by atoms with Crippen molar-refractivity contribution in [3.05, 3.63) is 64.6 Å². The van der Waals surface area contributed by atoms with Gasteiger partial charge in [-0.2, -0.15) is 0 Å². The van der Waals surface area contributed by atoms with Crippen molar-refractivity contribution in [2.24, 2.45) is 5.11 Å². The highest BCUT2D eigenvalue weighted by Gasteiger charge is 2.22. The van der Waals surface area contributed by atoms with Crippen molar-refractivity contribution in [1.29, 1.82) is 0 Å². The summed E-state index contributed by atoms with van der Waals surface area (Å²) in [6.07, 6.45) is 5.75. The Labute approximate surface area is 111 Å². The quantitative estimate of drug-likeness (QED) is 0.499. The number of hydrogen-bond donors (Lipinski definition) is 1. The van der Waals surface area contributed by atoms with Crippen molar-refractivity contribution in [1.82, 2.24) is 0 Å². The van der Waals surface area contributed by atoms with Crippen LogP contribution < -0.4 is 5.32 Å². The highest BCUT2D eigenvalue weighted by molar-refractivity contribution is 6.05. The van der Waals surface area contributed by atoms with Crippen molar-refractivity contribution >= 4 is 11.6 Å². The van der Waals surface area contributed by atoms with Crippen LogP contribution in [0.2, 0.25) is 0 Å². The van der Waals surface area contributed by atoms with Crippen molar-refractivity contribution in [2.75, 3.05) is 5.32 Å². The number of amides is 1. The van der Waals surface area contributed by atoms with E-state index >= 15 is 0 Å². The predicted molar refractivity (Wildman–Crippen MR) is 74.5 cm³/mol. The first-order valence-electron chi connectivity index (χ1n) is 5.95. The average molecular weight is 254 g/mol. The van der Waals surface area contributed by atoms with Gasteiger partial charge in [0.1, 0.15) is 0 Å². The fourth-order valence-electron chi connectivity index (χ4n) is 1.79. The molecule has 1 amide bonds. The molecule has 5 heteroatoms. The maximum Gasteiger partial charge on any atom is 0.255 e. The lowest BCUT2D eigenvalue weighted by atomic mass is 9.91. The summed E-state index contributed by atoms with van der Waals surface area (Å²) >= 11 is 0. The van der Waals surface area contributed by atoms with Crippen molar-refractivity contribution in [2.45, 2.75) is 18.9 Å². The molecule has 1 aromatic carbocycles. The third-order valence-electron chi connectivity index (χ3n) is 2.92. The van der Waals surface area contributed by atoms with Crippen LogP contribution in [0, 0.1) is 0 Å². The molecule has 0 radical (unpaired) electrons. The number of benzene rings is 1. The molecule has 5 nitrogen and oxygen atoms in total. The predicted octanol–water partition coefficient (Wildman–Crippen LogP) is 3.58. The van der Waals surface area contributed by atoms with Gasteiger partial charge < -0.3 is 5.32 Å². The van der Waals surface area contributed by atoms with Crippen molar-refractivity contribution in [3.63, 3.8) is 0 Å². The van der Waals surface area contributed by atoms with Gasteiger partial charge >= 0.3 is 0 Å². The summed E-state index contributed by atoms with van der Waals surface area (Å²) in [7, 11) is 0. The fourth-order valence-corrected chi connectivity index (χ4v) is 1.79. The van der Waals surface area contributed by atoms with Crippen LogP contribution in [0.15, 0.2) is 59.2 Å². The summed E-state index contributed by atoms with van der Waals surface area (Å²) in [6.45, 7) is 1.83. The van der Waals surface area contributed by atoms with Gasteiger partial charge in [0.05, 0.1) is 5.54 Å². The Morgan fingerprint density at radius 3 is 2.74 bits per heavy atom. The van der Waals surface area contributed by atoms with Gasteiger partial charge in [-0.25, -0.2) is 0 Å². The monoisotopic (exact) mass is 254 g/mol. The Morgan fingerprint density at radius 1 is 1.42 bits per heavy atom. The first-order chi connectivity index (χ1) is 9.13. The molecule has 0 saturated heterocycles. The van der Waals surface area contributed by atoms with E-state index in [1.165, 1.54) is 0 Å². The first kappa shape index (κ1) is 12.9. The van der Waals surface area contributed by atoms with Gasteiger partial charge in [0.2, 0.25) is 0 Å². The number of hydrogen-bond acceptors (Lipinski definition) is 2. The van der Waals surface area contributed by atoms with Crippen molar-refractivity contribution < 1.29 is 4.79 Å². The average Bonchev–Trinajstić information content (AvgIpc) is 2.40. The van der Waals surface area contributed by atoms with E-state index in [0.717, 1.165) is 5.69 Å². The summed E-state index contributed by atoms with van der Waals surface area (Å²) in [6, 6.07) is 9.27. The zero-order chi connectivity index (χ0) is 13.7. The lowest BCUT2D eigenvalue weighted by Gasteiger charge is -2.21. The van der Waals surface area contributed by atoms with Crippen LogP contribution in [0.3, 0.4) is 0 Å². The normalized spacial score (nSPS) is 21.2. The maximum absolute atomic E-state index is 12.0. The lowest BCUT2D eigenvalue weighted by Crippen LogP contribution is -2.22. The van der Waals surface area contributed by atoms with Gasteiger partial charge in [-0.3, -0.25) is 4.79 Å². The van der Waals surface area contributed by atoms with Crippen LogP contribution in [0.25, 0.3) is 10.4 Å². The molecule has 0 bridgehead atoms. The standard InChI is InChI=1S/C14H14N4O/c1-14(17-18-15)9-7-11(8-10-14)13(19)16-12-5-3-2-4-6-12/h2-9H,10H2,1H3,(H,16,19). The molecule has 0 spiro atoms. The van der Waals surface area contributed by atoms with E-state index < -0.39 is 5.54 Å². The maximum atomic E-state index is 12.0. The van der Waals surface area contributed by atoms with Gasteiger partial charge in [0.15, 0.2) is 0 Å². The van der Waals surface area contributed by atoms with E-state index in [1.54, 1.807) is 18.2 Å². The zero-order valence-corrected chi connectivity index (χ0v) is 10.6. The Morgan fingerprint density at radius 2 is 2.16 bits per heavy atom. The Kier molecular flexibility index (Phi) is 3.68. The molecular formula is C14H14N4O. The molecule has 0 heterocycles. The molecule has 1 atom stereocenters. The third kappa shape index (κ3) is 3.24. The molecular weight excluding hydrogens is 240 g/mol. The van der Waals surface area contributed by atoms with Gasteiger partial charge in [-0.15, -0.1) is 0 Å². The third-order valence-corrected chi connectivity index (χ3v) is 2.92. The second kappa shape index (κ2) is 5.42. The van der Waals surface area contributed by atoms with Crippen LogP contribution in [0.4, 0.5) is 5.69 Å². The minimum atomic E-state index is -0.578. The molecule has 0 fully saturated rings. The van der Waals surface area contributed by atoms with Crippen LogP contribution in [-0.4, -0.2) is 11.4 Å². The number of para-hydroxylation sites is 1. The van der Waals surface area contributed by atoms with E-state index in [0.29, 0.717) is 12.0 Å². The topological polar surface area (TPSA) is 77.9 Å². The largest absolute Gasteiger partial charge is 0.322 e. The van der Waals surface area contributed by atoms with E-state index in [1.807, 2.05) is 37.3 Å². The van der Waals surface area contributed by atoms with Crippen molar-refractivity contribution in [3.8, 4) is 0 Å². The molecule has 1 unspecified atom stereocenters. The van der Waals surface area contributed by atoms with Gasteiger partial charge in [-0.1, -0.05) is 48.5 Å². The number of carbonyl (C=O) groups is 1. The SMILES string of the molecule is CC1(N=[N+]=[N-])C=CC(C(=O)Nc2ccccc2)=CC1. The van der Waals surface area contributed by atoms with Gasteiger partial charge in [-0.05, 0) is 24.1 Å². The summed E-state index contributed by atoms with van der Waals surface area (Å²) < 4.78 is 0. The molecule has 1 aliphatic carbocycles. The highest BCUT2D eigenvalue weighted by atomic mass is 16.1. The Balaban J connectivity index is 2.05. The second-order valence-corrected chi connectivity index (χ2v) is 4.56. The van der Waals surface area contributed by atoms with Crippen LogP contribution in [0.5, 0.6) is 0 Å². The zero-order valence-electron chi connectivity index (χ0n) is 10.6. The van der Waals surface area contributed by atoms with Gasteiger partial charge in [0, 0.05) is 16.2 Å². The minimum Gasteiger partial charge on any atom is -0.322 e. The Bertz CT molecular complexity index is 585. The number of nitrogens with zero attached hydrogens (tertiary/aromatic N) is 3. The lowest BCUT2D eigenvalue weighted by molar-refractivity contribution is -0.112. The molecule has 1 N–H and O–H groups in total. The smallest absolute Gasteiger partial charge is 0.255 e. The summed E-state index contributed by atoms with van der Waals surface area (Å²) in [5.74, 6) is -0.162. The number of nitrogens with one attached hydrogen (secondary N) is 1. The number of azide groups is 1. The first-order valence-corrected chi connectivity index (χ1v) is 5.95. The number of anilines is 1. The molecule has 0 saturated carbocycles. The molecule has 0 aliphatic heterocycles. The molecule has 1 aliphatic rings. The summed E-state index contributed by atoms with van der Waals surface area (Å²) in [5, 5.41) is 6.52. The fraction of sp³-hybridized carbons (Fsp3) is 0.214. The minimum absolute atomic E-state index is 0.162. The molecule has 1 aromatic rings. The van der Waals surface area contributed by atoms with Gasteiger partial charge in [0.25, 0.3) is 5.91 Å². The van der Waals surface area contributed by atoms with E-state index in [9.17, 15) is 4.79 Å². The molecule has 19 heavy (non-hydrogen) atoms. The van der Waals surface area contributed by atoms with E-state index in [4.69, 9.17) is 5.53 Å². The molecule has 2 rings (SSSR count). The summed E-state index contributed by atoms with van der Waals surface area (Å²) in [5.41, 5.74) is 9.23. The Hall–Kier alpha value is -2.52. The van der Waals surface area contributed by atoms with Crippen LogP contribution in [0.1, 0.15) is 13.3 Å². The number of rotatable bonds is 3. The van der Waals surface area contributed by atoms with Crippen LogP contribution >= 0.6 is 0 Å². The summed E-state index contributed by atoms with van der Waals surface area (Å²) in [4.78, 5) is 14.8. The van der Waals surface area contributed by atoms with Crippen LogP contribution in [-0.2, 0) is 4.79 Å². The highest BCUT2D eigenvalue weighted by Crippen LogP contribution is 2.25. The number of carbonyl (C=O) groups excluding carboxylic acids is 1.